The Morgan fingerprint density at radius 3 is 2.76 bits per heavy atom. The molecule has 1 aromatic carbocycles. The summed E-state index contributed by atoms with van der Waals surface area (Å²) in [5.41, 5.74) is 3.95. The van der Waals surface area contributed by atoms with Crippen molar-refractivity contribution < 1.29 is 4.79 Å². The highest BCUT2D eigenvalue weighted by molar-refractivity contribution is 7.08. The first-order valence-electron chi connectivity index (χ1n) is 5.88. The summed E-state index contributed by atoms with van der Waals surface area (Å²) >= 11 is 1.58. The molecule has 0 aliphatic carbocycles. The van der Waals surface area contributed by atoms with E-state index in [9.17, 15) is 4.79 Å². The highest BCUT2D eigenvalue weighted by atomic mass is 32.1. The molecule has 0 fully saturated rings. The average molecular weight is 244 g/mol. The van der Waals surface area contributed by atoms with Crippen LogP contribution in [0.4, 0.5) is 0 Å². The van der Waals surface area contributed by atoms with Crippen LogP contribution < -0.4 is 0 Å². The van der Waals surface area contributed by atoms with E-state index in [1.54, 1.807) is 11.3 Å². The lowest BCUT2D eigenvalue weighted by molar-refractivity contribution is 0.103. The third-order valence-corrected chi connectivity index (χ3v) is 3.69. The van der Waals surface area contributed by atoms with Crippen molar-refractivity contribution in [3.8, 4) is 0 Å². The predicted molar refractivity (Wildman–Crippen MR) is 72.9 cm³/mol. The van der Waals surface area contributed by atoms with Gasteiger partial charge in [-0.25, -0.2) is 0 Å². The van der Waals surface area contributed by atoms with Gasteiger partial charge in [-0.05, 0) is 35.9 Å². The Morgan fingerprint density at radius 2 is 2.12 bits per heavy atom. The van der Waals surface area contributed by atoms with E-state index in [4.69, 9.17) is 0 Å². The molecule has 0 aliphatic rings. The summed E-state index contributed by atoms with van der Waals surface area (Å²) < 4.78 is 0. The first kappa shape index (κ1) is 12.1. The van der Waals surface area contributed by atoms with E-state index < -0.39 is 0 Å². The number of rotatable bonds is 4. The van der Waals surface area contributed by atoms with Gasteiger partial charge in [0.05, 0.1) is 0 Å². The van der Waals surface area contributed by atoms with Crippen molar-refractivity contribution in [2.24, 2.45) is 0 Å². The SMILES string of the molecule is CCCc1cccc(C(=O)c2cscc2C)c1. The zero-order valence-corrected chi connectivity index (χ0v) is 11.0. The van der Waals surface area contributed by atoms with Crippen LogP contribution in [-0.2, 0) is 6.42 Å². The third kappa shape index (κ3) is 2.64. The molecule has 17 heavy (non-hydrogen) atoms. The Bertz CT molecular complexity index is 525. The van der Waals surface area contributed by atoms with Gasteiger partial charge in [0.25, 0.3) is 0 Å². The van der Waals surface area contributed by atoms with Gasteiger partial charge in [0, 0.05) is 16.5 Å². The minimum Gasteiger partial charge on any atom is -0.289 e. The van der Waals surface area contributed by atoms with Crippen LogP contribution in [0.25, 0.3) is 0 Å². The number of hydrogen-bond donors (Lipinski definition) is 0. The van der Waals surface area contributed by atoms with Crippen molar-refractivity contribution in [1.29, 1.82) is 0 Å². The third-order valence-electron chi connectivity index (χ3n) is 2.83. The zero-order chi connectivity index (χ0) is 12.3. The Labute approximate surface area is 106 Å². The first-order valence-corrected chi connectivity index (χ1v) is 6.83. The van der Waals surface area contributed by atoms with Gasteiger partial charge in [-0.2, -0.15) is 11.3 Å². The zero-order valence-electron chi connectivity index (χ0n) is 10.2. The molecule has 0 amide bonds. The number of benzene rings is 1. The summed E-state index contributed by atoms with van der Waals surface area (Å²) in [5.74, 6) is 0.140. The molecule has 1 heterocycles. The minimum absolute atomic E-state index is 0.140. The van der Waals surface area contributed by atoms with Crippen LogP contribution in [0.5, 0.6) is 0 Å². The van der Waals surface area contributed by atoms with Gasteiger partial charge >= 0.3 is 0 Å². The highest BCUT2D eigenvalue weighted by Gasteiger charge is 2.12. The van der Waals surface area contributed by atoms with Crippen LogP contribution >= 0.6 is 11.3 Å². The largest absolute Gasteiger partial charge is 0.289 e. The van der Waals surface area contributed by atoms with Crippen LogP contribution in [0.2, 0.25) is 0 Å². The van der Waals surface area contributed by atoms with E-state index in [1.807, 2.05) is 35.9 Å². The maximum atomic E-state index is 12.3. The first-order chi connectivity index (χ1) is 8.22. The summed E-state index contributed by atoms with van der Waals surface area (Å²) in [7, 11) is 0. The summed E-state index contributed by atoms with van der Waals surface area (Å²) in [6.45, 7) is 4.14. The molecule has 0 saturated heterocycles. The second kappa shape index (κ2) is 5.28. The Balaban J connectivity index is 2.31. The average Bonchev–Trinajstić information content (AvgIpc) is 2.75. The number of carbonyl (C=O) groups excluding carboxylic acids is 1. The Hall–Kier alpha value is -1.41. The maximum Gasteiger partial charge on any atom is 0.194 e. The number of ketones is 1. The normalized spacial score (nSPS) is 10.5. The van der Waals surface area contributed by atoms with Gasteiger partial charge in [-0.15, -0.1) is 0 Å². The molecule has 1 nitrogen and oxygen atoms in total. The Kier molecular flexibility index (Phi) is 3.75. The fourth-order valence-corrected chi connectivity index (χ4v) is 2.73. The Morgan fingerprint density at radius 1 is 1.29 bits per heavy atom. The highest BCUT2D eigenvalue weighted by Crippen LogP contribution is 2.19. The van der Waals surface area contributed by atoms with E-state index in [-0.39, 0.29) is 5.78 Å². The molecule has 1 aromatic heterocycles. The van der Waals surface area contributed by atoms with E-state index in [0.717, 1.165) is 29.5 Å². The van der Waals surface area contributed by atoms with Crippen molar-refractivity contribution in [1.82, 2.24) is 0 Å². The van der Waals surface area contributed by atoms with Crippen molar-refractivity contribution >= 4 is 17.1 Å². The van der Waals surface area contributed by atoms with E-state index >= 15 is 0 Å². The molecular formula is C15H16OS. The molecule has 0 aliphatic heterocycles. The van der Waals surface area contributed by atoms with E-state index in [2.05, 4.69) is 13.0 Å². The topological polar surface area (TPSA) is 17.1 Å². The molecule has 0 unspecified atom stereocenters. The molecular weight excluding hydrogens is 228 g/mol. The molecule has 0 bridgehead atoms. The van der Waals surface area contributed by atoms with E-state index in [1.165, 1.54) is 5.56 Å². The lowest BCUT2D eigenvalue weighted by atomic mass is 10.00. The van der Waals surface area contributed by atoms with Gasteiger partial charge in [-0.3, -0.25) is 4.79 Å². The molecule has 0 radical (unpaired) electrons. The van der Waals surface area contributed by atoms with Crippen LogP contribution in [0.15, 0.2) is 35.0 Å². The molecule has 0 atom stereocenters. The van der Waals surface area contributed by atoms with Crippen LogP contribution in [0.1, 0.15) is 40.4 Å². The smallest absolute Gasteiger partial charge is 0.194 e. The molecule has 88 valence electrons. The summed E-state index contributed by atoms with van der Waals surface area (Å²) in [4.78, 5) is 12.3. The quantitative estimate of drug-likeness (QED) is 0.735. The van der Waals surface area contributed by atoms with Crippen LogP contribution in [0, 0.1) is 6.92 Å². The van der Waals surface area contributed by atoms with Gasteiger partial charge < -0.3 is 0 Å². The monoisotopic (exact) mass is 244 g/mol. The summed E-state index contributed by atoms with van der Waals surface area (Å²) in [6.07, 6.45) is 2.14. The predicted octanol–water partition coefficient (Wildman–Crippen LogP) is 4.24. The van der Waals surface area contributed by atoms with Crippen molar-refractivity contribution in [2.75, 3.05) is 0 Å². The maximum absolute atomic E-state index is 12.3. The number of aryl methyl sites for hydroxylation is 2. The van der Waals surface area contributed by atoms with Gasteiger partial charge in [-0.1, -0.05) is 31.5 Å². The molecule has 0 saturated carbocycles. The second-order valence-corrected chi connectivity index (χ2v) is 4.99. The summed E-state index contributed by atoms with van der Waals surface area (Å²) in [6, 6.07) is 7.97. The summed E-state index contributed by atoms with van der Waals surface area (Å²) in [5, 5.41) is 3.95. The fourth-order valence-electron chi connectivity index (χ4n) is 1.91. The van der Waals surface area contributed by atoms with Crippen LogP contribution in [-0.4, -0.2) is 5.78 Å². The lowest BCUT2D eigenvalue weighted by Crippen LogP contribution is -2.02. The lowest BCUT2D eigenvalue weighted by Gasteiger charge is -2.03. The number of hydrogen-bond acceptors (Lipinski definition) is 2. The van der Waals surface area contributed by atoms with Gasteiger partial charge in [0.1, 0.15) is 0 Å². The van der Waals surface area contributed by atoms with Crippen molar-refractivity contribution in [3.63, 3.8) is 0 Å². The van der Waals surface area contributed by atoms with Crippen LogP contribution in [0.3, 0.4) is 0 Å². The molecule has 2 rings (SSSR count). The van der Waals surface area contributed by atoms with Crippen molar-refractivity contribution in [3.05, 3.63) is 57.3 Å². The molecule has 0 N–H and O–H groups in total. The van der Waals surface area contributed by atoms with E-state index in [0.29, 0.717) is 0 Å². The number of carbonyl (C=O) groups is 1. The van der Waals surface area contributed by atoms with Gasteiger partial charge in [0.2, 0.25) is 0 Å². The molecule has 0 spiro atoms. The standard InChI is InChI=1S/C15H16OS/c1-3-5-12-6-4-7-13(8-12)15(16)14-10-17-9-11(14)2/h4,6-10H,3,5H2,1-2H3. The number of thiophene rings is 1. The molecule has 2 aromatic rings. The fraction of sp³-hybridized carbons (Fsp3) is 0.267. The van der Waals surface area contributed by atoms with Crippen molar-refractivity contribution in [2.45, 2.75) is 26.7 Å². The molecule has 2 heteroatoms. The second-order valence-electron chi connectivity index (χ2n) is 4.25. The van der Waals surface area contributed by atoms with Gasteiger partial charge in [0.15, 0.2) is 5.78 Å². The minimum atomic E-state index is 0.140.